The third-order valence-electron chi connectivity index (χ3n) is 4.08. The number of aryl methyl sites for hydroxylation is 1. The van der Waals surface area contributed by atoms with Crippen molar-refractivity contribution in [3.05, 3.63) is 59.7 Å². The summed E-state index contributed by atoms with van der Waals surface area (Å²) < 4.78 is 11.3. The van der Waals surface area contributed by atoms with E-state index in [1.54, 1.807) is 6.92 Å². The molecular formula is C21H27NO3. The Morgan fingerprint density at radius 3 is 2.36 bits per heavy atom. The molecule has 0 aliphatic heterocycles. The van der Waals surface area contributed by atoms with Crippen molar-refractivity contribution in [2.45, 2.75) is 46.3 Å². The van der Waals surface area contributed by atoms with E-state index in [0.29, 0.717) is 6.61 Å². The first-order valence-corrected chi connectivity index (χ1v) is 8.82. The SMILES string of the molecule is CCOc1ccc([C@@H](C)NC(=O)[C@H](C)Oc2ccccc2CC)cc1. The molecule has 0 saturated carbocycles. The Morgan fingerprint density at radius 1 is 1.04 bits per heavy atom. The summed E-state index contributed by atoms with van der Waals surface area (Å²) in [5.41, 5.74) is 2.12. The van der Waals surface area contributed by atoms with Gasteiger partial charge in [-0.25, -0.2) is 0 Å². The van der Waals surface area contributed by atoms with Crippen LogP contribution in [0.2, 0.25) is 0 Å². The average molecular weight is 341 g/mol. The van der Waals surface area contributed by atoms with Gasteiger partial charge in [0, 0.05) is 0 Å². The lowest BCUT2D eigenvalue weighted by molar-refractivity contribution is -0.127. The summed E-state index contributed by atoms with van der Waals surface area (Å²) in [6.45, 7) is 8.39. The van der Waals surface area contributed by atoms with Gasteiger partial charge < -0.3 is 14.8 Å². The molecule has 0 heterocycles. The van der Waals surface area contributed by atoms with Gasteiger partial charge >= 0.3 is 0 Å². The first-order valence-electron chi connectivity index (χ1n) is 8.82. The molecule has 0 aromatic heterocycles. The normalized spacial score (nSPS) is 13.0. The summed E-state index contributed by atoms with van der Waals surface area (Å²) >= 11 is 0. The highest BCUT2D eigenvalue weighted by Crippen LogP contribution is 2.21. The van der Waals surface area contributed by atoms with E-state index in [0.717, 1.165) is 29.0 Å². The van der Waals surface area contributed by atoms with Crippen LogP contribution in [-0.4, -0.2) is 18.6 Å². The van der Waals surface area contributed by atoms with Gasteiger partial charge in [0.2, 0.25) is 0 Å². The molecule has 0 aliphatic rings. The molecule has 25 heavy (non-hydrogen) atoms. The zero-order valence-electron chi connectivity index (χ0n) is 15.4. The van der Waals surface area contributed by atoms with Crippen molar-refractivity contribution in [1.29, 1.82) is 0 Å². The van der Waals surface area contributed by atoms with Gasteiger partial charge in [-0.3, -0.25) is 4.79 Å². The van der Waals surface area contributed by atoms with Crippen LogP contribution in [0.4, 0.5) is 0 Å². The number of carbonyl (C=O) groups excluding carboxylic acids is 1. The molecule has 0 fully saturated rings. The highest BCUT2D eigenvalue weighted by Gasteiger charge is 2.18. The lowest BCUT2D eigenvalue weighted by Crippen LogP contribution is -2.37. The number of amides is 1. The van der Waals surface area contributed by atoms with E-state index in [1.165, 1.54) is 0 Å². The Hall–Kier alpha value is -2.49. The summed E-state index contributed by atoms with van der Waals surface area (Å²) in [5.74, 6) is 1.46. The molecule has 0 unspecified atom stereocenters. The number of ether oxygens (including phenoxy) is 2. The van der Waals surface area contributed by atoms with Gasteiger partial charge in [0.15, 0.2) is 6.10 Å². The molecule has 0 saturated heterocycles. The number of hydrogen-bond acceptors (Lipinski definition) is 3. The molecule has 2 atom stereocenters. The van der Waals surface area contributed by atoms with Gasteiger partial charge in [0.05, 0.1) is 12.6 Å². The van der Waals surface area contributed by atoms with Crippen molar-refractivity contribution < 1.29 is 14.3 Å². The van der Waals surface area contributed by atoms with E-state index in [2.05, 4.69) is 12.2 Å². The molecule has 2 aromatic rings. The zero-order valence-corrected chi connectivity index (χ0v) is 15.4. The topological polar surface area (TPSA) is 47.6 Å². The van der Waals surface area contributed by atoms with Gasteiger partial charge in [-0.2, -0.15) is 0 Å². The number of para-hydroxylation sites is 1. The first kappa shape index (κ1) is 18.8. The fourth-order valence-electron chi connectivity index (χ4n) is 2.59. The van der Waals surface area contributed by atoms with Crippen molar-refractivity contribution >= 4 is 5.91 Å². The van der Waals surface area contributed by atoms with E-state index in [9.17, 15) is 4.79 Å². The average Bonchev–Trinajstić information content (AvgIpc) is 2.63. The van der Waals surface area contributed by atoms with Crippen LogP contribution in [-0.2, 0) is 11.2 Å². The fraction of sp³-hybridized carbons (Fsp3) is 0.381. The van der Waals surface area contributed by atoms with Crippen molar-refractivity contribution in [3.63, 3.8) is 0 Å². The first-order chi connectivity index (χ1) is 12.0. The highest BCUT2D eigenvalue weighted by atomic mass is 16.5. The van der Waals surface area contributed by atoms with Crippen LogP contribution in [0, 0.1) is 0 Å². The van der Waals surface area contributed by atoms with Crippen LogP contribution in [0.1, 0.15) is 44.9 Å². The van der Waals surface area contributed by atoms with Crippen molar-refractivity contribution in [3.8, 4) is 11.5 Å². The molecule has 134 valence electrons. The predicted molar refractivity (Wildman–Crippen MR) is 100 cm³/mol. The van der Waals surface area contributed by atoms with Crippen molar-refractivity contribution in [2.75, 3.05) is 6.61 Å². The maximum absolute atomic E-state index is 12.4. The quantitative estimate of drug-likeness (QED) is 0.779. The Labute approximate surface area is 150 Å². The van der Waals surface area contributed by atoms with Crippen LogP contribution in [0.25, 0.3) is 0 Å². The second kappa shape index (κ2) is 9.11. The van der Waals surface area contributed by atoms with Gasteiger partial charge in [0.25, 0.3) is 5.91 Å². The Bertz CT molecular complexity index is 682. The maximum atomic E-state index is 12.4. The lowest BCUT2D eigenvalue weighted by atomic mass is 10.1. The third-order valence-corrected chi connectivity index (χ3v) is 4.08. The van der Waals surface area contributed by atoms with Crippen LogP contribution in [0.15, 0.2) is 48.5 Å². The second-order valence-electron chi connectivity index (χ2n) is 5.95. The van der Waals surface area contributed by atoms with E-state index in [1.807, 2.05) is 62.4 Å². The number of carbonyl (C=O) groups is 1. The number of benzene rings is 2. The molecule has 2 rings (SSSR count). The Morgan fingerprint density at radius 2 is 1.72 bits per heavy atom. The molecule has 0 bridgehead atoms. The molecule has 2 aromatic carbocycles. The smallest absolute Gasteiger partial charge is 0.261 e. The summed E-state index contributed by atoms with van der Waals surface area (Å²) in [7, 11) is 0. The Balaban J connectivity index is 1.95. The van der Waals surface area contributed by atoms with E-state index >= 15 is 0 Å². The fourth-order valence-corrected chi connectivity index (χ4v) is 2.59. The summed E-state index contributed by atoms with van der Waals surface area (Å²) in [5, 5.41) is 3.00. The minimum Gasteiger partial charge on any atom is -0.494 e. The van der Waals surface area contributed by atoms with E-state index < -0.39 is 6.10 Å². The van der Waals surface area contributed by atoms with Crippen LogP contribution in [0.3, 0.4) is 0 Å². The summed E-state index contributed by atoms with van der Waals surface area (Å²) in [4.78, 5) is 12.4. The highest BCUT2D eigenvalue weighted by molar-refractivity contribution is 5.81. The second-order valence-corrected chi connectivity index (χ2v) is 5.95. The number of hydrogen-bond donors (Lipinski definition) is 1. The van der Waals surface area contributed by atoms with Crippen LogP contribution >= 0.6 is 0 Å². The molecule has 0 aliphatic carbocycles. The molecule has 0 spiro atoms. The van der Waals surface area contributed by atoms with Crippen molar-refractivity contribution in [1.82, 2.24) is 5.32 Å². The number of rotatable bonds is 8. The maximum Gasteiger partial charge on any atom is 0.261 e. The Kier molecular flexibility index (Phi) is 6.87. The van der Waals surface area contributed by atoms with Gasteiger partial charge in [0.1, 0.15) is 11.5 Å². The van der Waals surface area contributed by atoms with Crippen molar-refractivity contribution in [2.24, 2.45) is 0 Å². The zero-order chi connectivity index (χ0) is 18.2. The van der Waals surface area contributed by atoms with E-state index in [-0.39, 0.29) is 11.9 Å². The molecule has 0 radical (unpaired) electrons. The molecule has 4 heteroatoms. The minimum atomic E-state index is -0.558. The standard InChI is InChI=1S/C21H27NO3/c1-5-17-9-7-8-10-20(17)25-16(4)21(23)22-15(3)18-11-13-19(14-12-18)24-6-2/h7-16H,5-6H2,1-4H3,(H,22,23)/t15-,16+/m1/s1. The lowest BCUT2D eigenvalue weighted by Gasteiger charge is -2.20. The largest absolute Gasteiger partial charge is 0.494 e. The minimum absolute atomic E-state index is 0.101. The molecule has 1 N–H and O–H groups in total. The molecular weight excluding hydrogens is 314 g/mol. The van der Waals surface area contributed by atoms with Crippen LogP contribution in [0.5, 0.6) is 11.5 Å². The summed E-state index contributed by atoms with van der Waals surface area (Å²) in [6, 6.07) is 15.5. The number of nitrogens with one attached hydrogen (secondary N) is 1. The van der Waals surface area contributed by atoms with Crippen LogP contribution < -0.4 is 14.8 Å². The molecule has 1 amide bonds. The van der Waals surface area contributed by atoms with Gasteiger partial charge in [-0.15, -0.1) is 0 Å². The summed E-state index contributed by atoms with van der Waals surface area (Å²) in [6.07, 6.45) is 0.311. The van der Waals surface area contributed by atoms with Gasteiger partial charge in [-0.05, 0) is 56.5 Å². The molecule has 4 nitrogen and oxygen atoms in total. The third kappa shape index (κ3) is 5.24. The van der Waals surface area contributed by atoms with Gasteiger partial charge in [-0.1, -0.05) is 37.3 Å². The monoisotopic (exact) mass is 341 g/mol. The predicted octanol–water partition coefficient (Wildman–Crippen LogP) is 4.29. The van der Waals surface area contributed by atoms with E-state index in [4.69, 9.17) is 9.47 Å².